The van der Waals surface area contributed by atoms with Crippen LogP contribution in [0.1, 0.15) is 17.2 Å². The highest BCUT2D eigenvalue weighted by molar-refractivity contribution is 5.95. The van der Waals surface area contributed by atoms with Crippen LogP contribution in [0.15, 0.2) is 60.7 Å². The molecule has 0 saturated carbocycles. The Morgan fingerprint density at radius 3 is 2.38 bits per heavy atom. The summed E-state index contributed by atoms with van der Waals surface area (Å²) in [7, 11) is 0. The van der Waals surface area contributed by atoms with Gasteiger partial charge in [-0.25, -0.2) is 9.69 Å². The van der Waals surface area contributed by atoms with Crippen LogP contribution >= 0.6 is 0 Å². The Bertz CT molecular complexity index is 702. The lowest BCUT2D eigenvalue weighted by molar-refractivity contribution is -0.134. The minimum absolute atomic E-state index is 0.137. The topological polar surface area (TPSA) is 66.8 Å². The third kappa shape index (κ3) is 3.31. The van der Waals surface area contributed by atoms with Crippen molar-refractivity contribution in [2.75, 3.05) is 13.2 Å². The van der Waals surface area contributed by atoms with E-state index >= 15 is 0 Å². The fourth-order valence-electron chi connectivity index (χ4n) is 2.91. The second-order valence-electron chi connectivity index (χ2n) is 5.78. The summed E-state index contributed by atoms with van der Waals surface area (Å²) in [5.74, 6) is -1.08. The molecule has 5 heteroatoms. The number of imide groups is 1. The molecule has 2 atom stereocenters. The van der Waals surface area contributed by atoms with Gasteiger partial charge in [0.15, 0.2) is 0 Å². The molecule has 1 aliphatic heterocycles. The molecule has 0 radical (unpaired) electrons. The van der Waals surface area contributed by atoms with Crippen LogP contribution in [0.25, 0.3) is 0 Å². The molecule has 1 heterocycles. The third-order valence-electron chi connectivity index (χ3n) is 4.19. The SMILES string of the molecule is O=C1OC[C@@H](c2ccccc2)N1C(=O)[C@H](CO)Cc1ccccc1. The predicted molar refractivity (Wildman–Crippen MR) is 88.1 cm³/mol. The van der Waals surface area contributed by atoms with Gasteiger partial charge in [0.2, 0.25) is 5.91 Å². The molecule has 0 aliphatic carbocycles. The van der Waals surface area contributed by atoms with Gasteiger partial charge in [-0.05, 0) is 17.5 Å². The van der Waals surface area contributed by atoms with Crippen molar-refractivity contribution in [2.45, 2.75) is 12.5 Å². The smallest absolute Gasteiger partial charge is 0.417 e. The van der Waals surface area contributed by atoms with E-state index < -0.39 is 24.0 Å². The Morgan fingerprint density at radius 1 is 1.12 bits per heavy atom. The molecule has 0 bridgehead atoms. The maximum Gasteiger partial charge on any atom is 0.417 e. The lowest BCUT2D eigenvalue weighted by Gasteiger charge is -2.24. The minimum atomic E-state index is -0.677. The minimum Gasteiger partial charge on any atom is -0.446 e. The third-order valence-corrected chi connectivity index (χ3v) is 4.19. The van der Waals surface area contributed by atoms with E-state index in [1.165, 1.54) is 0 Å². The molecular formula is C19H19NO4. The number of cyclic esters (lactones) is 1. The molecule has 1 N–H and O–H groups in total. The molecule has 1 saturated heterocycles. The molecule has 2 aromatic carbocycles. The van der Waals surface area contributed by atoms with E-state index in [1.807, 2.05) is 60.7 Å². The second-order valence-corrected chi connectivity index (χ2v) is 5.78. The molecular weight excluding hydrogens is 306 g/mol. The van der Waals surface area contributed by atoms with Gasteiger partial charge in [0.05, 0.1) is 12.5 Å². The van der Waals surface area contributed by atoms with Crippen LogP contribution in [0.4, 0.5) is 4.79 Å². The fourth-order valence-corrected chi connectivity index (χ4v) is 2.91. The van der Waals surface area contributed by atoms with E-state index in [-0.39, 0.29) is 13.2 Å². The number of ether oxygens (including phenoxy) is 1. The standard InChI is InChI=1S/C19H19NO4/c21-12-16(11-14-7-3-1-4-8-14)18(22)20-17(13-24-19(20)23)15-9-5-2-6-10-15/h1-10,16-17,21H,11-13H2/t16-,17-/m0/s1. The summed E-state index contributed by atoms with van der Waals surface area (Å²) < 4.78 is 5.08. The number of amides is 2. The van der Waals surface area contributed by atoms with E-state index in [2.05, 4.69) is 0 Å². The van der Waals surface area contributed by atoms with Crippen molar-refractivity contribution in [2.24, 2.45) is 5.92 Å². The Balaban J connectivity index is 1.81. The van der Waals surface area contributed by atoms with Crippen LogP contribution in [-0.4, -0.2) is 35.2 Å². The van der Waals surface area contributed by atoms with E-state index in [9.17, 15) is 14.7 Å². The quantitative estimate of drug-likeness (QED) is 0.917. The lowest BCUT2D eigenvalue weighted by atomic mass is 9.97. The van der Waals surface area contributed by atoms with Crippen molar-refractivity contribution in [3.05, 3.63) is 71.8 Å². The molecule has 0 spiro atoms. The lowest BCUT2D eigenvalue weighted by Crippen LogP contribution is -2.40. The van der Waals surface area contributed by atoms with Gasteiger partial charge < -0.3 is 9.84 Å². The number of carbonyl (C=O) groups excluding carboxylic acids is 2. The molecule has 24 heavy (non-hydrogen) atoms. The van der Waals surface area contributed by atoms with E-state index in [1.54, 1.807) is 0 Å². The highest BCUT2D eigenvalue weighted by Gasteiger charge is 2.41. The number of nitrogens with zero attached hydrogens (tertiary/aromatic N) is 1. The molecule has 1 fully saturated rings. The Morgan fingerprint density at radius 2 is 1.75 bits per heavy atom. The monoisotopic (exact) mass is 325 g/mol. The first kappa shape index (κ1) is 16.2. The zero-order valence-electron chi connectivity index (χ0n) is 13.2. The largest absolute Gasteiger partial charge is 0.446 e. The predicted octanol–water partition coefficient (Wildman–Crippen LogP) is 2.56. The highest BCUT2D eigenvalue weighted by Crippen LogP contribution is 2.29. The number of rotatable bonds is 5. The van der Waals surface area contributed by atoms with Gasteiger partial charge in [-0.1, -0.05) is 60.7 Å². The summed E-state index contributed by atoms with van der Waals surface area (Å²) in [6, 6.07) is 18.3. The van der Waals surface area contributed by atoms with Crippen molar-refractivity contribution >= 4 is 12.0 Å². The van der Waals surface area contributed by atoms with Crippen LogP contribution in [0.5, 0.6) is 0 Å². The Labute approximate surface area is 140 Å². The van der Waals surface area contributed by atoms with Gasteiger partial charge in [-0.2, -0.15) is 0 Å². The van der Waals surface area contributed by atoms with Crippen molar-refractivity contribution < 1.29 is 19.4 Å². The molecule has 1 aliphatic rings. The first-order chi connectivity index (χ1) is 11.7. The Hall–Kier alpha value is -2.66. The summed E-state index contributed by atoms with van der Waals surface area (Å²) in [4.78, 5) is 26.1. The van der Waals surface area contributed by atoms with E-state index in [0.717, 1.165) is 16.0 Å². The number of aliphatic hydroxyl groups excluding tert-OH is 1. The van der Waals surface area contributed by atoms with Crippen LogP contribution < -0.4 is 0 Å². The average molecular weight is 325 g/mol. The summed E-state index contributed by atoms with van der Waals surface area (Å²) >= 11 is 0. The van der Waals surface area contributed by atoms with Crippen molar-refractivity contribution in [1.29, 1.82) is 0 Å². The Kier molecular flexibility index (Phi) is 4.91. The van der Waals surface area contributed by atoms with Gasteiger partial charge in [-0.3, -0.25) is 4.79 Å². The molecule has 3 rings (SSSR count). The van der Waals surface area contributed by atoms with Crippen LogP contribution in [-0.2, 0) is 16.0 Å². The van der Waals surface area contributed by atoms with Crippen LogP contribution in [0.3, 0.4) is 0 Å². The van der Waals surface area contributed by atoms with E-state index in [0.29, 0.717) is 6.42 Å². The highest BCUT2D eigenvalue weighted by atomic mass is 16.6. The summed E-state index contributed by atoms with van der Waals surface area (Å²) in [6.07, 6.45) is -0.276. The number of carbonyl (C=O) groups is 2. The number of aliphatic hydroxyl groups is 1. The molecule has 0 aromatic heterocycles. The molecule has 5 nitrogen and oxygen atoms in total. The average Bonchev–Trinajstić information content (AvgIpc) is 3.02. The maximum atomic E-state index is 12.8. The van der Waals surface area contributed by atoms with Crippen LogP contribution in [0, 0.1) is 5.92 Å². The maximum absolute atomic E-state index is 12.8. The van der Waals surface area contributed by atoms with E-state index in [4.69, 9.17) is 4.74 Å². The van der Waals surface area contributed by atoms with Gasteiger partial charge >= 0.3 is 6.09 Å². The van der Waals surface area contributed by atoms with Crippen molar-refractivity contribution in [3.63, 3.8) is 0 Å². The summed E-state index contributed by atoms with van der Waals surface area (Å²) in [6.45, 7) is -0.183. The van der Waals surface area contributed by atoms with Crippen molar-refractivity contribution in [1.82, 2.24) is 4.90 Å². The van der Waals surface area contributed by atoms with Gasteiger partial charge in [0.25, 0.3) is 0 Å². The molecule has 2 amide bonds. The van der Waals surface area contributed by atoms with Crippen molar-refractivity contribution in [3.8, 4) is 0 Å². The zero-order valence-corrected chi connectivity index (χ0v) is 13.2. The number of hydrogen-bond donors (Lipinski definition) is 1. The van der Waals surface area contributed by atoms with Gasteiger partial charge in [0.1, 0.15) is 12.6 Å². The first-order valence-corrected chi connectivity index (χ1v) is 7.90. The van der Waals surface area contributed by atoms with Crippen LogP contribution in [0.2, 0.25) is 0 Å². The molecule has 0 unspecified atom stereocenters. The summed E-state index contributed by atoms with van der Waals surface area (Å²) in [5, 5.41) is 9.66. The zero-order chi connectivity index (χ0) is 16.9. The molecule has 2 aromatic rings. The van der Waals surface area contributed by atoms with Gasteiger partial charge in [0, 0.05) is 0 Å². The second kappa shape index (κ2) is 7.27. The molecule has 124 valence electrons. The normalized spacial score (nSPS) is 18.3. The number of benzene rings is 2. The van der Waals surface area contributed by atoms with Gasteiger partial charge in [-0.15, -0.1) is 0 Å². The number of hydrogen-bond acceptors (Lipinski definition) is 4. The first-order valence-electron chi connectivity index (χ1n) is 7.90. The fraction of sp³-hybridized carbons (Fsp3) is 0.263. The summed E-state index contributed by atoms with van der Waals surface area (Å²) in [5.41, 5.74) is 1.78.